The molecule has 9 heteroatoms. The number of rotatable bonds is 7. The lowest BCUT2D eigenvalue weighted by Gasteiger charge is -2.10. The molecule has 0 bridgehead atoms. The molecule has 0 saturated heterocycles. The highest BCUT2D eigenvalue weighted by atomic mass is 35.5. The minimum Gasteiger partial charge on any atom is -0.493 e. The molecule has 0 saturated carbocycles. The predicted octanol–water partition coefficient (Wildman–Crippen LogP) is 3.49. The molecular formula is C19H20ClN3O5. The lowest BCUT2D eigenvalue weighted by Crippen LogP contribution is -2.41. The van der Waals surface area contributed by atoms with Crippen molar-refractivity contribution in [2.24, 2.45) is 0 Å². The Bertz CT molecular complexity index is 901. The van der Waals surface area contributed by atoms with Crippen LogP contribution in [0.25, 0.3) is 0 Å². The lowest BCUT2D eigenvalue weighted by molar-refractivity contribution is -0.385. The maximum Gasteiger partial charge on any atom is 0.285 e. The van der Waals surface area contributed by atoms with E-state index in [1.807, 2.05) is 6.92 Å². The SMILES string of the molecule is Cc1cc(Cl)ccc1OCCCC(=O)NNC(=O)c1cccc(C)c1[N+](=O)[O-]. The van der Waals surface area contributed by atoms with Crippen LogP contribution in [0.15, 0.2) is 36.4 Å². The summed E-state index contributed by atoms with van der Waals surface area (Å²) in [5, 5.41) is 11.8. The molecule has 0 aliphatic carbocycles. The summed E-state index contributed by atoms with van der Waals surface area (Å²) in [6.07, 6.45) is 0.539. The second-order valence-corrected chi connectivity index (χ2v) is 6.53. The van der Waals surface area contributed by atoms with Crippen LogP contribution in [0.1, 0.15) is 34.3 Å². The van der Waals surface area contributed by atoms with Crippen LogP contribution in [0, 0.1) is 24.0 Å². The summed E-state index contributed by atoms with van der Waals surface area (Å²) in [6, 6.07) is 9.66. The molecule has 0 radical (unpaired) electrons. The van der Waals surface area contributed by atoms with Crippen molar-refractivity contribution in [1.82, 2.24) is 10.9 Å². The smallest absolute Gasteiger partial charge is 0.285 e. The number of amides is 2. The average molecular weight is 406 g/mol. The first-order valence-corrected chi connectivity index (χ1v) is 8.89. The number of aryl methyl sites for hydroxylation is 2. The van der Waals surface area contributed by atoms with Gasteiger partial charge in [-0.05, 0) is 50.1 Å². The van der Waals surface area contributed by atoms with Crippen molar-refractivity contribution >= 4 is 29.1 Å². The Kier molecular flexibility index (Phi) is 7.34. The maximum atomic E-state index is 12.1. The minimum atomic E-state index is -0.753. The van der Waals surface area contributed by atoms with Crippen LogP contribution >= 0.6 is 11.6 Å². The molecule has 2 amide bonds. The number of hydrogen-bond acceptors (Lipinski definition) is 5. The monoisotopic (exact) mass is 405 g/mol. The standard InChI is InChI=1S/C19H20ClN3O5/c1-12-5-3-6-15(18(12)23(26)27)19(25)22-21-17(24)7-4-10-28-16-9-8-14(20)11-13(16)2/h3,5-6,8-9,11H,4,7,10H2,1-2H3,(H,21,24)(H,22,25). The highest BCUT2D eigenvalue weighted by Gasteiger charge is 2.22. The van der Waals surface area contributed by atoms with Crippen molar-refractivity contribution in [3.8, 4) is 5.75 Å². The Hall–Kier alpha value is -3.13. The van der Waals surface area contributed by atoms with Gasteiger partial charge in [-0.1, -0.05) is 23.7 Å². The number of hydrazine groups is 1. The third-order valence-corrected chi connectivity index (χ3v) is 4.16. The van der Waals surface area contributed by atoms with Crippen molar-refractivity contribution in [3.63, 3.8) is 0 Å². The van der Waals surface area contributed by atoms with E-state index in [9.17, 15) is 19.7 Å². The molecule has 28 heavy (non-hydrogen) atoms. The lowest BCUT2D eigenvalue weighted by atomic mass is 10.1. The second-order valence-electron chi connectivity index (χ2n) is 6.09. The number of ether oxygens (including phenoxy) is 1. The topological polar surface area (TPSA) is 111 Å². The molecule has 2 aromatic carbocycles. The Labute approximate surface area is 167 Å². The van der Waals surface area contributed by atoms with Crippen molar-refractivity contribution < 1.29 is 19.2 Å². The van der Waals surface area contributed by atoms with E-state index < -0.39 is 16.7 Å². The van der Waals surface area contributed by atoms with Gasteiger partial charge >= 0.3 is 0 Å². The van der Waals surface area contributed by atoms with Gasteiger partial charge in [-0.2, -0.15) is 0 Å². The van der Waals surface area contributed by atoms with Crippen molar-refractivity contribution in [2.45, 2.75) is 26.7 Å². The fourth-order valence-electron chi connectivity index (χ4n) is 2.53. The first-order valence-electron chi connectivity index (χ1n) is 8.51. The molecule has 148 valence electrons. The van der Waals surface area contributed by atoms with Crippen LogP contribution < -0.4 is 15.6 Å². The molecule has 0 spiro atoms. The summed E-state index contributed by atoms with van der Waals surface area (Å²) in [6.45, 7) is 3.72. The molecule has 0 heterocycles. The van der Waals surface area contributed by atoms with E-state index in [0.29, 0.717) is 29.4 Å². The number of nitro benzene ring substituents is 1. The highest BCUT2D eigenvalue weighted by molar-refractivity contribution is 6.30. The molecule has 0 fully saturated rings. The number of carbonyl (C=O) groups is 2. The second kappa shape index (κ2) is 9.70. The van der Waals surface area contributed by atoms with Gasteiger partial charge < -0.3 is 4.74 Å². The number of halogens is 1. The third-order valence-electron chi connectivity index (χ3n) is 3.92. The van der Waals surface area contributed by atoms with E-state index in [0.717, 1.165) is 5.56 Å². The minimum absolute atomic E-state index is 0.114. The van der Waals surface area contributed by atoms with Gasteiger partial charge in [-0.25, -0.2) is 0 Å². The predicted molar refractivity (Wildman–Crippen MR) is 104 cm³/mol. The van der Waals surface area contributed by atoms with Crippen LogP contribution in [0.2, 0.25) is 5.02 Å². The van der Waals surface area contributed by atoms with Gasteiger partial charge in [-0.3, -0.25) is 30.6 Å². The van der Waals surface area contributed by atoms with Crippen molar-refractivity contribution in [1.29, 1.82) is 0 Å². The van der Waals surface area contributed by atoms with E-state index in [1.165, 1.54) is 25.1 Å². The normalized spacial score (nSPS) is 10.2. The number of nitrogens with one attached hydrogen (secondary N) is 2. The van der Waals surface area contributed by atoms with Crippen LogP contribution in [-0.4, -0.2) is 23.3 Å². The van der Waals surface area contributed by atoms with E-state index in [2.05, 4.69) is 10.9 Å². The summed E-state index contributed by atoms with van der Waals surface area (Å²) in [4.78, 5) is 34.5. The molecule has 0 unspecified atom stereocenters. The number of nitrogens with zero attached hydrogens (tertiary/aromatic N) is 1. The van der Waals surface area contributed by atoms with Gasteiger partial charge in [0.05, 0.1) is 11.5 Å². The molecule has 0 aliphatic heterocycles. The Morgan fingerprint density at radius 3 is 2.57 bits per heavy atom. The van der Waals surface area contributed by atoms with Crippen LogP contribution in [0.5, 0.6) is 5.75 Å². The quantitative estimate of drug-likeness (QED) is 0.416. The van der Waals surface area contributed by atoms with E-state index in [-0.39, 0.29) is 17.7 Å². The first-order chi connectivity index (χ1) is 13.3. The van der Waals surface area contributed by atoms with Crippen LogP contribution in [-0.2, 0) is 4.79 Å². The number of nitro groups is 1. The fourth-order valence-corrected chi connectivity index (χ4v) is 2.76. The van der Waals surface area contributed by atoms with Gasteiger partial charge in [0.15, 0.2) is 0 Å². The van der Waals surface area contributed by atoms with Gasteiger partial charge in [-0.15, -0.1) is 0 Å². The summed E-state index contributed by atoms with van der Waals surface area (Å²) >= 11 is 5.88. The molecule has 0 atom stereocenters. The Morgan fingerprint density at radius 1 is 1.14 bits per heavy atom. The van der Waals surface area contributed by atoms with Crippen molar-refractivity contribution in [2.75, 3.05) is 6.61 Å². The van der Waals surface area contributed by atoms with E-state index in [4.69, 9.17) is 16.3 Å². The zero-order valence-corrected chi connectivity index (χ0v) is 16.2. The van der Waals surface area contributed by atoms with E-state index >= 15 is 0 Å². The molecule has 8 nitrogen and oxygen atoms in total. The third kappa shape index (κ3) is 5.68. The number of benzene rings is 2. The summed E-state index contributed by atoms with van der Waals surface area (Å²) in [7, 11) is 0. The number of para-hydroxylation sites is 1. The Balaban J connectivity index is 1.79. The molecule has 2 N–H and O–H groups in total. The fraction of sp³-hybridized carbons (Fsp3) is 0.263. The van der Waals surface area contributed by atoms with Gasteiger partial charge in [0, 0.05) is 17.0 Å². The largest absolute Gasteiger partial charge is 0.493 e. The first kappa shape index (κ1) is 21.2. The molecule has 2 aromatic rings. The van der Waals surface area contributed by atoms with Crippen molar-refractivity contribution in [3.05, 3.63) is 68.2 Å². The van der Waals surface area contributed by atoms with Gasteiger partial charge in [0.2, 0.25) is 5.91 Å². The Morgan fingerprint density at radius 2 is 1.89 bits per heavy atom. The summed E-state index contributed by atoms with van der Waals surface area (Å²) in [5.74, 6) is -0.498. The number of hydrogen-bond donors (Lipinski definition) is 2. The van der Waals surface area contributed by atoms with Gasteiger partial charge in [0.1, 0.15) is 11.3 Å². The van der Waals surface area contributed by atoms with Gasteiger partial charge in [0.25, 0.3) is 11.6 Å². The maximum absolute atomic E-state index is 12.1. The molecule has 0 aromatic heterocycles. The molecular weight excluding hydrogens is 386 g/mol. The number of carbonyl (C=O) groups excluding carboxylic acids is 2. The summed E-state index contributed by atoms with van der Waals surface area (Å²) < 4.78 is 5.59. The van der Waals surface area contributed by atoms with E-state index in [1.54, 1.807) is 18.2 Å². The highest BCUT2D eigenvalue weighted by Crippen LogP contribution is 2.23. The van der Waals surface area contributed by atoms with Crippen LogP contribution in [0.3, 0.4) is 0 Å². The molecule has 2 rings (SSSR count). The zero-order valence-electron chi connectivity index (χ0n) is 15.5. The van der Waals surface area contributed by atoms with Crippen LogP contribution in [0.4, 0.5) is 5.69 Å². The summed E-state index contributed by atoms with van der Waals surface area (Å²) in [5.41, 5.74) is 5.29. The average Bonchev–Trinajstić information content (AvgIpc) is 2.64. The zero-order chi connectivity index (χ0) is 20.7. The molecule has 0 aliphatic rings.